The summed E-state index contributed by atoms with van der Waals surface area (Å²) < 4.78 is 38.8. The van der Waals surface area contributed by atoms with E-state index in [1.165, 1.54) is 17.7 Å². The average molecular weight is 395 g/mol. The van der Waals surface area contributed by atoms with Gasteiger partial charge in [-0.3, -0.25) is 4.79 Å². The van der Waals surface area contributed by atoms with Crippen LogP contribution in [0.1, 0.15) is 39.9 Å². The third kappa shape index (κ3) is 3.32. The molecule has 2 saturated heterocycles. The Morgan fingerprint density at radius 1 is 1.19 bits per heavy atom. The molecular weight excluding hydrogens is 377 g/mol. The molecule has 0 unspecified atom stereocenters. The van der Waals surface area contributed by atoms with Crippen LogP contribution in [0.25, 0.3) is 0 Å². The van der Waals surface area contributed by atoms with Crippen molar-refractivity contribution >= 4 is 17.5 Å². The van der Waals surface area contributed by atoms with Gasteiger partial charge in [0, 0.05) is 12.1 Å². The molecule has 1 amide bonds. The number of hydrogen-bond donors (Lipinski definition) is 2. The van der Waals surface area contributed by atoms with Gasteiger partial charge in [0.2, 0.25) is 0 Å². The Kier molecular flexibility index (Phi) is 4.43. The van der Waals surface area contributed by atoms with Gasteiger partial charge in [-0.2, -0.15) is 13.2 Å². The lowest BCUT2D eigenvalue weighted by Crippen LogP contribution is -2.39. The van der Waals surface area contributed by atoms with E-state index in [1.807, 2.05) is 24.3 Å². The Morgan fingerprint density at radius 2 is 1.89 bits per heavy atom. The molecule has 2 heterocycles. The molecule has 2 bridgehead atoms. The van der Waals surface area contributed by atoms with Gasteiger partial charge in [0.25, 0.3) is 5.91 Å². The predicted octanol–water partition coefficient (Wildman–Crippen LogP) is 4.50. The molecule has 2 aromatic carbocycles. The molecule has 1 aliphatic carbocycles. The molecule has 1 saturated carbocycles. The summed E-state index contributed by atoms with van der Waals surface area (Å²) in [6, 6.07) is 11.3. The second kappa shape index (κ2) is 6.53. The van der Waals surface area contributed by atoms with Crippen LogP contribution >= 0.6 is 11.6 Å². The summed E-state index contributed by atoms with van der Waals surface area (Å²) in [6.07, 6.45) is -2.27. The molecule has 27 heavy (non-hydrogen) atoms. The maximum Gasteiger partial charge on any atom is 0.417 e. The lowest BCUT2D eigenvalue weighted by molar-refractivity contribution is -0.137. The van der Waals surface area contributed by atoms with Crippen LogP contribution in [-0.4, -0.2) is 12.5 Å². The van der Waals surface area contributed by atoms with E-state index in [0.717, 1.165) is 36.9 Å². The standard InChI is InChI=1S/C20H18ClF3N2O/c21-17-15(2-1-3-16(17)20(22,23)24)18(27)25-10-12-4-6-14(7-5-12)19-8-13(9-19)11-26-19/h1-7,13,26H,8-11H2,(H,25,27). The number of fused-ring (bicyclic) bond motifs is 1. The molecule has 3 nitrogen and oxygen atoms in total. The Hall–Kier alpha value is -2.05. The Balaban J connectivity index is 1.42. The van der Waals surface area contributed by atoms with Crippen molar-refractivity contribution < 1.29 is 18.0 Å². The summed E-state index contributed by atoms with van der Waals surface area (Å²) in [4.78, 5) is 12.3. The van der Waals surface area contributed by atoms with Crippen molar-refractivity contribution in [2.24, 2.45) is 5.92 Å². The molecule has 0 radical (unpaired) electrons. The predicted molar refractivity (Wildman–Crippen MR) is 96.5 cm³/mol. The van der Waals surface area contributed by atoms with Crippen molar-refractivity contribution in [2.75, 3.05) is 6.54 Å². The zero-order chi connectivity index (χ0) is 19.2. The second-order valence-corrected chi connectivity index (χ2v) is 7.66. The molecular formula is C20H18ClF3N2O. The molecule has 7 heteroatoms. The molecule has 2 N–H and O–H groups in total. The van der Waals surface area contributed by atoms with Gasteiger partial charge >= 0.3 is 6.18 Å². The Labute approximate surface area is 159 Å². The van der Waals surface area contributed by atoms with Crippen LogP contribution in [0.5, 0.6) is 0 Å². The number of amides is 1. The van der Waals surface area contributed by atoms with Crippen molar-refractivity contribution in [3.05, 3.63) is 69.7 Å². The van der Waals surface area contributed by atoms with Crippen LogP contribution in [0.2, 0.25) is 5.02 Å². The summed E-state index contributed by atoms with van der Waals surface area (Å²) in [5.74, 6) is 0.147. The Morgan fingerprint density at radius 3 is 2.48 bits per heavy atom. The zero-order valence-electron chi connectivity index (χ0n) is 14.4. The van der Waals surface area contributed by atoms with Crippen molar-refractivity contribution in [2.45, 2.75) is 31.1 Å². The van der Waals surface area contributed by atoms with Crippen molar-refractivity contribution in [3.8, 4) is 0 Å². The fourth-order valence-corrected chi connectivity index (χ4v) is 4.36. The highest BCUT2D eigenvalue weighted by Gasteiger charge is 2.50. The van der Waals surface area contributed by atoms with Gasteiger partial charge in [0.1, 0.15) is 0 Å². The largest absolute Gasteiger partial charge is 0.417 e. The first-order valence-corrected chi connectivity index (χ1v) is 9.15. The minimum absolute atomic E-state index is 0.109. The van der Waals surface area contributed by atoms with Gasteiger partial charge in [-0.05, 0) is 48.6 Å². The molecule has 3 fully saturated rings. The maximum atomic E-state index is 12.9. The highest BCUT2D eigenvalue weighted by Crippen LogP contribution is 2.50. The van der Waals surface area contributed by atoms with Gasteiger partial charge in [-0.25, -0.2) is 0 Å². The Bertz CT molecular complexity index is 868. The molecule has 0 atom stereocenters. The monoisotopic (exact) mass is 394 g/mol. The third-order valence-electron chi connectivity index (χ3n) is 5.51. The first-order valence-electron chi connectivity index (χ1n) is 8.77. The van der Waals surface area contributed by atoms with E-state index in [-0.39, 0.29) is 17.6 Å². The number of carbonyl (C=O) groups excluding carboxylic acids is 1. The summed E-state index contributed by atoms with van der Waals surface area (Å²) in [5.41, 5.74) is 1.03. The number of carbonyl (C=O) groups is 1. The highest BCUT2D eigenvalue weighted by molar-refractivity contribution is 6.34. The van der Waals surface area contributed by atoms with Crippen molar-refractivity contribution in [1.29, 1.82) is 0 Å². The molecule has 2 aliphatic heterocycles. The molecule has 2 aromatic rings. The van der Waals surface area contributed by atoms with Crippen molar-refractivity contribution in [3.63, 3.8) is 0 Å². The topological polar surface area (TPSA) is 41.1 Å². The first-order chi connectivity index (χ1) is 12.8. The summed E-state index contributed by atoms with van der Waals surface area (Å²) in [5, 5.41) is 5.62. The van der Waals surface area contributed by atoms with E-state index >= 15 is 0 Å². The smallest absolute Gasteiger partial charge is 0.348 e. The van der Waals surface area contributed by atoms with Crippen LogP contribution in [0.3, 0.4) is 0 Å². The fourth-order valence-electron chi connectivity index (χ4n) is 4.04. The number of nitrogens with one attached hydrogen (secondary N) is 2. The van der Waals surface area contributed by atoms with E-state index in [9.17, 15) is 18.0 Å². The van der Waals surface area contributed by atoms with Crippen LogP contribution < -0.4 is 10.6 Å². The quantitative estimate of drug-likeness (QED) is 0.801. The van der Waals surface area contributed by atoms with Crippen LogP contribution in [-0.2, 0) is 18.3 Å². The molecule has 5 rings (SSSR count). The van der Waals surface area contributed by atoms with Crippen LogP contribution in [0, 0.1) is 5.92 Å². The zero-order valence-corrected chi connectivity index (χ0v) is 15.1. The number of alkyl halides is 3. The lowest BCUT2D eigenvalue weighted by atomic mass is 9.69. The summed E-state index contributed by atoms with van der Waals surface area (Å²) >= 11 is 5.80. The molecule has 3 aliphatic rings. The van der Waals surface area contributed by atoms with Crippen LogP contribution in [0.15, 0.2) is 42.5 Å². The van der Waals surface area contributed by atoms with Crippen LogP contribution in [0.4, 0.5) is 13.2 Å². The molecule has 0 aromatic heterocycles. The first kappa shape index (κ1) is 18.3. The molecule has 142 valence electrons. The van der Waals surface area contributed by atoms with E-state index in [2.05, 4.69) is 10.6 Å². The van der Waals surface area contributed by atoms with E-state index in [4.69, 9.17) is 11.6 Å². The van der Waals surface area contributed by atoms with E-state index in [1.54, 1.807) is 0 Å². The third-order valence-corrected chi connectivity index (χ3v) is 5.92. The SMILES string of the molecule is O=C(NCc1ccc(C23CC(CN2)C3)cc1)c1cccc(C(F)(F)F)c1Cl. The number of rotatable bonds is 4. The second-order valence-electron chi connectivity index (χ2n) is 7.28. The van der Waals surface area contributed by atoms with Gasteiger partial charge in [-0.15, -0.1) is 0 Å². The van der Waals surface area contributed by atoms with E-state index in [0.29, 0.717) is 0 Å². The lowest BCUT2D eigenvalue weighted by Gasteiger charge is -2.38. The normalized spacial score (nSPS) is 23.8. The maximum absolute atomic E-state index is 12.9. The number of benzene rings is 2. The van der Waals surface area contributed by atoms with Gasteiger partial charge < -0.3 is 10.6 Å². The molecule has 0 spiro atoms. The summed E-state index contributed by atoms with van der Waals surface area (Å²) in [7, 11) is 0. The summed E-state index contributed by atoms with van der Waals surface area (Å²) in [6.45, 7) is 1.28. The van der Waals surface area contributed by atoms with Crippen molar-refractivity contribution in [1.82, 2.24) is 10.6 Å². The van der Waals surface area contributed by atoms with Gasteiger partial charge in [-0.1, -0.05) is 41.9 Å². The van der Waals surface area contributed by atoms with E-state index < -0.39 is 22.7 Å². The number of hydrogen-bond acceptors (Lipinski definition) is 2. The minimum Gasteiger partial charge on any atom is -0.348 e. The minimum atomic E-state index is -4.60. The number of halogens is 4. The highest BCUT2D eigenvalue weighted by atomic mass is 35.5. The average Bonchev–Trinajstić information content (AvgIpc) is 3.21. The van der Waals surface area contributed by atoms with Gasteiger partial charge in [0.15, 0.2) is 0 Å². The fraction of sp³-hybridized carbons (Fsp3) is 0.350. The van der Waals surface area contributed by atoms with Gasteiger partial charge in [0.05, 0.1) is 16.1 Å².